The van der Waals surface area contributed by atoms with Crippen molar-refractivity contribution in [2.75, 3.05) is 45.2 Å². The summed E-state index contributed by atoms with van der Waals surface area (Å²) in [6.45, 7) is 5.15. The van der Waals surface area contributed by atoms with Gasteiger partial charge in [-0.2, -0.15) is 0 Å². The first-order valence-electron chi connectivity index (χ1n) is 10.0. The SMILES string of the molecule is CCCc1nnc(N2CC(C(=O)N3C[C@@H]4C(CN(C)C)[C@@H]4C3)CC2=O)s1.O=CO. The summed E-state index contributed by atoms with van der Waals surface area (Å²) >= 11 is 1.47. The number of fused-ring (bicyclic) bond motifs is 1. The van der Waals surface area contributed by atoms with E-state index in [1.807, 2.05) is 4.90 Å². The van der Waals surface area contributed by atoms with Gasteiger partial charge in [-0.15, -0.1) is 10.2 Å². The molecule has 1 saturated carbocycles. The molecule has 29 heavy (non-hydrogen) atoms. The highest BCUT2D eigenvalue weighted by atomic mass is 32.1. The van der Waals surface area contributed by atoms with Crippen LogP contribution in [0.5, 0.6) is 0 Å². The molecule has 0 spiro atoms. The molecule has 2 amide bonds. The monoisotopic (exact) mass is 423 g/mol. The molecule has 3 heterocycles. The number of hydrogen-bond donors (Lipinski definition) is 1. The number of likely N-dealkylation sites (tertiary alicyclic amines) is 1. The number of hydrogen-bond acceptors (Lipinski definition) is 7. The second-order valence-corrected chi connectivity index (χ2v) is 9.28. The molecule has 1 aromatic heterocycles. The molecule has 10 heteroatoms. The van der Waals surface area contributed by atoms with Crippen LogP contribution in [0.25, 0.3) is 0 Å². The number of carboxylic acid groups (broad SMARTS) is 1. The number of rotatable bonds is 6. The number of amides is 2. The van der Waals surface area contributed by atoms with Crippen LogP contribution in [0.2, 0.25) is 0 Å². The fourth-order valence-corrected chi connectivity index (χ4v) is 5.47. The number of piperidine rings is 1. The summed E-state index contributed by atoms with van der Waals surface area (Å²) in [5, 5.41) is 16.8. The molecule has 0 radical (unpaired) electrons. The van der Waals surface area contributed by atoms with Gasteiger partial charge in [0.2, 0.25) is 16.9 Å². The summed E-state index contributed by atoms with van der Waals surface area (Å²) in [5.41, 5.74) is 0. The Balaban J connectivity index is 0.000000755. The Bertz CT molecular complexity index is 743. The highest BCUT2D eigenvalue weighted by molar-refractivity contribution is 7.15. The van der Waals surface area contributed by atoms with Gasteiger partial charge in [-0.25, -0.2) is 0 Å². The lowest BCUT2D eigenvalue weighted by molar-refractivity contribution is -0.135. The number of aryl methyl sites for hydroxylation is 1. The second kappa shape index (κ2) is 9.17. The van der Waals surface area contributed by atoms with Gasteiger partial charge in [-0.3, -0.25) is 19.3 Å². The topological polar surface area (TPSA) is 107 Å². The third kappa shape index (κ3) is 4.75. The van der Waals surface area contributed by atoms with E-state index in [1.54, 1.807) is 4.90 Å². The molecule has 3 fully saturated rings. The molecule has 3 aliphatic rings. The van der Waals surface area contributed by atoms with Crippen molar-refractivity contribution in [2.24, 2.45) is 23.7 Å². The van der Waals surface area contributed by atoms with Crippen molar-refractivity contribution in [1.82, 2.24) is 20.0 Å². The van der Waals surface area contributed by atoms with E-state index in [-0.39, 0.29) is 24.2 Å². The Morgan fingerprint density at radius 2 is 1.93 bits per heavy atom. The van der Waals surface area contributed by atoms with Crippen LogP contribution in [0.1, 0.15) is 24.8 Å². The Hall–Kier alpha value is -2.07. The first kappa shape index (κ1) is 21.6. The van der Waals surface area contributed by atoms with Crippen molar-refractivity contribution in [3.05, 3.63) is 5.01 Å². The second-order valence-electron chi connectivity index (χ2n) is 8.24. The molecule has 0 bridgehead atoms. The minimum absolute atomic E-state index is 0.00242. The molecule has 1 N–H and O–H groups in total. The summed E-state index contributed by atoms with van der Waals surface area (Å²) < 4.78 is 0. The van der Waals surface area contributed by atoms with E-state index in [0.29, 0.717) is 29.9 Å². The highest BCUT2D eigenvalue weighted by Crippen LogP contribution is 2.52. The van der Waals surface area contributed by atoms with E-state index >= 15 is 0 Å². The predicted octanol–water partition coefficient (Wildman–Crippen LogP) is 0.810. The maximum atomic E-state index is 12.9. The first-order valence-corrected chi connectivity index (χ1v) is 10.8. The van der Waals surface area contributed by atoms with E-state index in [9.17, 15) is 9.59 Å². The van der Waals surface area contributed by atoms with E-state index < -0.39 is 0 Å². The van der Waals surface area contributed by atoms with Gasteiger partial charge in [0.1, 0.15) is 5.01 Å². The molecule has 0 aromatic carbocycles. The molecule has 160 valence electrons. The predicted molar refractivity (Wildman–Crippen MR) is 109 cm³/mol. The molecule has 2 unspecified atom stereocenters. The van der Waals surface area contributed by atoms with Crippen LogP contribution in [-0.4, -0.2) is 83.7 Å². The van der Waals surface area contributed by atoms with Gasteiger partial charge >= 0.3 is 0 Å². The van der Waals surface area contributed by atoms with Crippen LogP contribution in [0.4, 0.5) is 5.13 Å². The summed E-state index contributed by atoms with van der Waals surface area (Å²) in [6.07, 6.45) is 2.19. The van der Waals surface area contributed by atoms with Gasteiger partial charge in [-0.1, -0.05) is 18.3 Å². The molecule has 1 aliphatic carbocycles. The maximum Gasteiger partial charge on any atom is 0.290 e. The van der Waals surface area contributed by atoms with Crippen LogP contribution < -0.4 is 4.90 Å². The fraction of sp³-hybridized carbons (Fsp3) is 0.737. The van der Waals surface area contributed by atoms with Crippen LogP contribution in [-0.2, 0) is 20.8 Å². The van der Waals surface area contributed by atoms with Gasteiger partial charge in [0, 0.05) is 39.0 Å². The van der Waals surface area contributed by atoms with Crippen LogP contribution in [0.15, 0.2) is 0 Å². The average Bonchev–Trinajstić information content (AvgIpc) is 3.14. The van der Waals surface area contributed by atoms with Crippen molar-refractivity contribution in [3.63, 3.8) is 0 Å². The minimum atomic E-state index is -0.250. The molecular formula is C19H29N5O4S. The normalized spacial score (nSPS) is 27.7. The number of anilines is 1. The first-order chi connectivity index (χ1) is 13.9. The van der Waals surface area contributed by atoms with Crippen LogP contribution >= 0.6 is 11.3 Å². The van der Waals surface area contributed by atoms with Gasteiger partial charge in [-0.05, 0) is 38.3 Å². The third-order valence-corrected chi connectivity index (χ3v) is 6.89. The van der Waals surface area contributed by atoms with E-state index in [0.717, 1.165) is 43.4 Å². The molecule has 9 nitrogen and oxygen atoms in total. The molecule has 1 aromatic rings. The quantitative estimate of drug-likeness (QED) is 0.675. The standard InChI is InChI=1S/C18H27N5O2S.CH2O2/c1-4-5-15-19-20-18(26-15)23-7-11(6-16(23)24)17(25)22-9-13-12(8-21(2)3)14(13)10-22;2-1-3/h11-14H,4-10H2,1-3H3;1H,(H,2,3)/t11?,12?,13-,14+;. The lowest BCUT2D eigenvalue weighted by Gasteiger charge is -2.23. The minimum Gasteiger partial charge on any atom is -0.483 e. The Morgan fingerprint density at radius 3 is 2.52 bits per heavy atom. The Labute approximate surface area is 174 Å². The van der Waals surface area contributed by atoms with Crippen molar-refractivity contribution in [1.29, 1.82) is 0 Å². The van der Waals surface area contributed by atoms with Crippen molar-refractivity contribution in [3.8, 4) is 0 Å². The molecule has 2 saturated heterocycles. The van der Waals surface area contributed by atoms with Crippen molar-refractivity contribution in [2.45, 2.75) is 26.2 Å². The Morgan fingerprint density at radius 1 is 1.28 bits per heavy atom. The number of carbonyl (C=O) groups excluding carboxylic acids is 2. The highest BCUT2D eigenvalue weighted by Gasteiger charge is 2.57. The number of carbonyl (C=O) groups is 3. The smallest absolute Gasteiger partial charge is 0.290 e. The van der Waals surface area contributed by atoms with Crippen molar-refractivity contribution < 1.29 is 19.5 Å². The maximum absolute atomic E-state index is 12.9. The summed E-state index contributed by atoms with van der Waals surface area (Å²) in [6, 6.07) is 0. The lowest BCUT2D eigenvalue weighted by Crippen LogP contribution is -2.38. The third-order valence-electron chi connectivity index (χ3n) is 5.88. The average molecular weight is 424 g/mol. The van der Waals surface area contributed by atoms with E-state index in [4.69, 9.17) is 9.90 Å². The van der Waals surface area contributed by atoms with Gasteiger partial charge in [0.05, 0.1) is 5.92 Å². The molecule has 4 atom stereocenters. The van der Waals surface area contributed by atoms with E-state index in [1.165, 1.54) is 11.3 Å². The lowest BCUT2D eigenvalue weighted by atomic mass is 10.1. The van der Waals surface area contributed by atoms with Crippen molar-refractivity contribution >= 4 is 34.8 Å². The zero-order valence-corrected chi connectivity index (χ0v) is 18.0. The number of nitrogens with zero attached hydrogens (tertiary/aromatic N) is 5. The largest absolute Gasteiger partial charge is 0.483 e. The van der Waals surface area contributed by atoms with E-state index in [2.05, 4.69) is 36.1 Å². The number of aromatic nitrogens is 2. The Kier molecular flexibility index (Phi) is 6.84. The molecule has 2 aliphatic heterocycles. The van der Waals surface area contributed by atoms with Gasteiger partial charge in [0.15, 0.2) is 0 Å². The van der Waals surface area contributed by atoms with Gasteiger partial charge in [0.25, 0.3) is 6.47 Å². The van der Waals surface area contributed by atoms with Crippen LogP contribution in [0, 0.1) is 23.7 Å². The summed E-state index contributed by atoms with van der Waals surface area (Å²) in [7, 11) is 4.21. The summed E-state index contributed by atoms with van der Waals surface area (Å²) in [4.78, 5) is 39.5. The molecular weight excluding hydrogens is 394 g/mol. The molecule has 4 rings (SSSR count). The van der Waals surface area contributed by atoms with Gasteiger partial charge < -0.3 is 14.9 Å². The van der Waals surface area contributed by atoms with Crippen LogP contribution in [0.3, 0.4) is 0 Å². The fourth-order valence-electron chi connectivity index (χ4n) is 4.51. The zero-order valence-electron chi connectivity index (χ0n) is 17.2. The summed E-state index contributed by atoms with van der Waals surface area (Å²) in [5.74, 6) is 1.98. The zero-order chi connectivity index (χ0) is 21.1.